The third-order valence-corrected chi connectivity index (χ3v) is 2.09. The highest BCUT2D eigenvalue weighted by Gasteiger charge is 2.40. The van der Waals surface area contributed by atoms with E-state index < -0.39 is 17.7 Å². The van der Waals surface area contributed by atoms with Crippen molar-refractivity contribution >= 4 is 5.91 Å². The molecular weight excluding hydrogens is 235 g/mol. The molecule has 0 unspecified atom stereocenters. The molecule has 94 valence electrons. The maximum absolute atomic E-state index is 12.5. The number of carbonyl (C=O) groups is 1. The largest absolute Gasteiger partial charge is 0.492 e. The van der Waals surface area contributed by atoms with Crippen molar-refractivity contribution in [2.75, 3.05) is 13.7 Å². The van der Waals surface area contributed by atoms with Gasteiger partial charge in [0.25, 0.3) is 5.91 Å². The number of allylic oxidation sites excluding steroid dienone is 1. The van der Waals surface area contributed by atoms with Crippen molar-refractivity contribution in [3.8, 4) is 0 Å². The predicted molar refractivity (Wildman–Crippen MR) is 55.8 cm³/mol. The monoisotopic (exact) mass is 247 g/mol. The molecule has 1 amide bonds. The summed E-state index contributed by atoms with van der Waals surface area (Å²) >= 11 is 0. The molecule has 1 aliphatic rings. The lowest BCUT2D eigenvalue weighted by Gasteiger charge is -2.15. The van der Waals surface area contributed by atoms with Crippen LogP contribution in [0.1, 0.15) is 6.42 Å². The van der Waals surface area contributed by atoms with Gasteiger partial charge < -0.3 is 9.64 Å². The Labute approximate surface area is 96.8 Å². The Morgan fingerprint density at radius 3 is 2.76 bits per heavy atom. The normalized spacial score (nSPS) is 17.2. The molecule has 3 nitrogen and oxygen atoms in total. The van der Waals surface area contributed by atoms with E-state index in [1.165, 1.54) is 19.3 Å². The van der Waals surface area contributed by atoms with Gasteiger partial charge in [0.2, 0.25) is 0 Å². The number of amides is 1. The Morgan fingerprint density at radius 1 is 1.59 bits per heavy atom. The number of nitrogens with zero attached hydrogens (tertiary/aromatic N) is 1. The lowest BCUT2D eigenvalue weighted by molar-refractivity contribution is -0.136. The minimum absolute atomic E-state index is 0.0707. The molecule has 0 bridgehead atoms. The van der Waals surface area contributed by atoms with E-state index in [9.17, 15) is 18.0 Å². The topological polar surface area (TPSA) is 29.5 Å². The number of rotatable bonds is 3. The average Bonchev–Trinajstić information content (AvgIpc) is 2.36. The molecule has 0 atom stereocenters. The first-order chi connectivity index (χ1) is 7.86. The second kappa shape index (κ2) is 5.07. The predicted octanol–water partition coefficient (Wildman–Crippen LogP) is 2.38. The van der Waals surface area contributed by atoms with E-state index in [1.807, 2.05) is 0 Å². The number of hydrogen-bond donors (Lipinski definition) is 0. The van der Waals surface area contributed by atoms with Gasteiger partial charge in [-0.3, -0.25) is 4.79 Å². The molecule has 1 aliphatic heterocycles. The van der Waals surface area contributed by atoms with Gasteiger partial charge in [0.05, 0.1) is 0 Å². The van der Waals surface area contributed by atoms with Crippen LogP contribution in [-0.4, -0.2) is 30.6 Å². The zero-order valence-electron chi connectivity index (χ0n) is 9.25. The summed E-state index contributed by atoms with van der Waals surface area (Å²) in [5, 5.41) is 0. The quantitative estimate of drug-likeness (QED) is 0.716. The van der Waals surface area contributed by atoms with Crippen LogP contribution in [0.3, 0.4) is 0 Å². The van der Waals surface area contributed by atoms with Crippen LogP contribution in [0.15, 0.2) is 36.3 Å². The molecule has 0 aromatic carbocycles. The summed E-state index contributed by atoms with van der Waals surface area (Å²) in [5.74, 6) is -0.797. The van der Waals surface area contributed by atoms with E-state index in [1.54, 1.807) is 0 Å². The first-order valence-corrected chi connectivity index (χ1v) is 4.85. The first-order valence-electron chi connectivity index (χ1n) is 4.85. The van der Waals surface area contributed by atoms with E-state index in [0.717, 1.165) is 11.0 Å². The van der Waals surface area contributed by atoms with Crippen molar-refractivity contribution in [1.82, 2.24) is 4.90 Å². The smallest absolute Gasteiger partial charge is 0.421 e. The van der Waals surface area contributed by atoms with Crippen LogP contribution in [0.4, 0.5) is 13.2 Å². The van der Waals surface area contributed by atoms with Crippen molar-refractivity contribution in [2.45, 2.75) is 12.6 Å². The number of halogens is 3. The van der Waals surface area contributed by atoms with E-state index in [-0.39, 0.29) is 13.0 Å². The minimum atomic E-state index is -4.65. The van der Waals surface area contributed by atoms with Crippen molar-refractivity contribution in [2.24, 2.45) is 0 Å². The lowest BCUT2D eigenvalue weighted by atomic mass is 10.2. The van der Waals surface area contributed by atoms with E-state index in [0.29, 0.717) is 5.76 Å². The fraction of sp³-hybridized carbons (Fsp3) is 0.364. The minimum Gasteiger partial charge on any atom is -0.492 e. The molecule has 1 heterocycles. The molecule has 0 aromatic heterocycles. The Hall–Kier alpha value is -1.72. The highest BCUT2D eigenvalue weighted by molar-refractivity contribution is 5.95. The van der Waals surface area contributed by atoms with Crippen molar-refractivity contribution in [1.29, 1.82) is 0 Å². The van der Waals surface area contributed by atoms with E-state index in [4.69, 9.17) is 4.74 Å². The Balaban J connectivity index is 2.93. The summed E-state index contributed by atoms with van der Waals surface area (Å²) in [6.07, 6.45) is -1.16. The van der Waals surface area contributed by atoms with Gasteiger partial charge in [-0.25, -0.2) is 0 Å². The fourth-order valence-electron chi connectivity index (χ4n) is 1.31. The van der Waals surface area contributed by atoms with Crippen molar-refractivity contribution < 1.29 is 22.7 Å². The van der Waals surface area contributed by atoms with Crippen LogP contribution in [0.2, 0.25) is 0 Å². The summed E-state index contributed by atoms with van der Waals surface area (Å²) in [4.78, 5) is 12.3. The zero-order valence-corrected chi connectivity index (χ0v) is 9.25. The summed E-state index contributed by atoms with van der Waals surface area (Å²) in [5.41, 5.74) is -1.17. The van der Waals surface area contributed by atoms with Crippen LogP contribution in [-0.2, 0) is 9.53 Å². The summed E-state index contributed by atoms with van der Waals surface area (Å²) in [6, 6.07) is 0. The van der Waals surface area contributed by atoms with Gasteiger partial charge in [-0.15, -0.1) is 0 Å². The van der Waals surface area contributed by atoms with Gasteiger partial charge in [-0.2, -0.15) is 13.2 Å². The summed E-state index contributed by atoms with van der Waals surface area (Å²) < 4.78 is 42.7. The van der Waals surface area contributed by atoms with Gasteiger partial charge in [0, 0.05) is 19.7 Å². The van der Waals surface area contributed by atoms with Crippen LogP contribution in [0.5, 0.6) is 0 Å². The maximum atomic E-state index is 12.5. The first kappa shape index (κ1) is 13.3. The molecule has 0 spiro atoms. The SMILES string of the molecule is C=CCOC1=CN(C)C(=O)C(C(F)(F)F)=CC1. The third-order valence-electron chi connectivity index (χ3n) is 2.09. The molecular formula is C11H12F3NO2. The standard InChI is InChI=1S/C11H12F3NO2/c1-3-6-17-8-4-5-9(11(12,13)14)10(16)15(2)7-8/h3,5,7H,1,4,6H2,2H3. The molecule has 1 rings (SSSR count). The number of likely N-dealkylation sites (N-methyl/N-ethyl adjacent to an activating group) is 1. The van der Waals surface area contributed by atoms with E-state index >= 15 is 0 Å². The number of hydrogen-bond acceptors (Lipinski definition) is 2. The second-order valence-electron chi connectivity index (χ2n) is 3.43. The highest BCUT2D eigenvalue weighted by Crippen LogP contribution is 2.29. The molecule has 17 heavy (non-hydrogen) atoms. The summed E-state index contributed by atoms with van der Waals surface area (Å²) in [6.45, 7) is 3.61. The van der Waals surface area contributed by atoms with Gasteiger partial charge in [0.1, 0.15) is 17.9 Å². The molecule has 0 saturated heterocycles. The molecule has 0 fully saturated rings. The average molecular weight is 247 g/mol. The van der Waals surface area contributed by atoms with Gasteiger partial charge >= 0.3 is 6.18 Å². The van der Waals surface area contributed by atoms with Crippen LogP contribution < -0.4 is 0 Å². The van der Waals surface area contributed by atoms with Gasteiger partial charge in [-0.05, 0) is 0 Å². The van der Waals surface area contributed by atoms with Gasteiger partial charge in [0.15, 0.2) is 0 Å². The Morgan fingerprint density at radius 2 is 2.24 bits per heavy atom. The molecule has 0 N–H and O–H groups in total. The molecule has 6 heteroatoms. The zero-order chi connectivity index (χ0) is 13.1. The molecule has 0 aromatic rings. The lowest BCUT2D eigenvalue weighted by Crippen LogP contribution is -2.29. The molecule has 0 saturated carbocycles. The Kier molecular flexibility index (Phi) is 3.98. The van der Waals surface area contributed by atoms with Crippen molar-refractivity contribution in [3.05, 3.63) is 36.3 Å². The molecule has 0 aliphatic carbocycles. The number of alkyl halides is 3. The summed E-state index contributed by atoms with van der Waals surface area (Å²) in [7, 11) is 1.25. The Bertz CT molecular complexity index is 383. The second-order valence-corrected chi connectivity index (χ2v) is 3.43. The molecule has 0 radical (unpaired) electrons. The van der Waals surface area contributed by atoms with Gasteiger partial charge in [-0.1, -0.05) is 18.7 Å². The fourth-order valence-corrected chi connectivity index (χ4v) is 1.31. The van der Waals surface area contributed by atoms with Crippen LogP contribution >= 0.6 is 0 Å². The number of ether oxygens (including phenoxy) is 1. The third kappa shape index (κ3) is 3.37. The number of carbonyl (C=O) groups excluding carboxylic acids is 1. The van der Waals surface area contributed by atoms with Crippen LogP contribution in [0.25, 0.3) is 0 Å². The maximum Gasteiger partial charge on any atom is 0.421 e. The highest BCUT2D eigenvalue weighted by atomic mass is 19.4. The van der Waals surface area contributed by atoms with Crippen molar-refractivity contribution in [3.63, 3.8) is 0 Å². The van der Waals surface area contributed by atoms with E-state index in [2.05, 4.69) is 6.58 Å². The van der Waals surface area contributed by atoms with Crippen LogP contribution in [0, 0.1) is 0 Å².